The third kappa shape index (κ3) is 2.51. The first-order valence-electron chi connectivity index (χ1n) is 6.59. The van der Waals surface area contributed by atoms with Gasteiger partial charge in [-0.05, 0) is 18.2 Å². The van der Waals surface area contributed by atoms with Crippen LogP contribution in [0.15, 0.2) is 52.2 Å². The number of rotatable bonds is 3. The van der Waals surface area contributed by atoms with E-state index in [4.69, 9.17) is 0 Å². The fraction of sp³-hybridized carbons (Fsp3) is 0.0667. The van der Waals surface area contributed by atoms with Crippen LogP contribution in [0, 0.1) is 0 Å². The van der Waals surface area contributed by atoms with E-state index in [1.54, 1.807) is 30.3 Å². The maximum absolute atomic E-state index is 12.0. The van der Waals surface area contributed by atoms with Crippen LogP contribution in [0.5, 0.6) is 0 Å². The first kappa shape index (κ1) is 13.7. The van der Waals surface area contributed by atoms with Crippen LogP contribution in [-0.4, -0.2) is 21.1 Å². The molecule has 0 atom stereocenters. The molecule has 2 aromatic heterocycles. The van der Waals surface area contributed by atoms with Gasteiger partial charge in [0.15, 0.2) is 0 Å². The Kier molecular flexibility index (Phi) is 3.53. The van der Waals surface area contributed by atoms with Crippen molar-refractivity contribution in [3.05, 3.63) is 74.6 Å². The van der Waals surface area contributed by atoms with E-state index in [0.29, 0.717) is 16.5 Å². The van der Waals surface area contributed by atoms with E-state index in [1.165, 1.54) is 12.3 Å². The summed E-state index contributed by atoms with van der Waals surface area (Å²) < 4.78 is 0. The van der Waals surface area contributed by atoms with Gasteiger partial charge in [0.2, 0.25) is 0 Å². The maximum atomic E-state index is 12.0. The molecule has 22 heavy (non-hydrogen) atoms. The van der Waals surface area contributed by atoms with Gasteiger partial charge in [-0.2, -0.15) is 5.10 Å². The van der Waals surface area contributed by atoms with E-state index < -0.39 is 11.5 Å². The van der Waals surface area contributed by atoms with Crippen LogP contribution < -0.4 is 16.4 Å². The second-order valence-corrected chi connectivity index (χ2v) is 4.64. The Labute approximate surface area is 124 Å². The van der Waals surface area contributed by atoms with Crippen molar-refractivity contribution in [3.8, 4) is 0 Å². The molecule has 0 aliphatic carbocycles. The minimum atomic E-state index is -0.501. The third-order valence-electron chi connectivity index (χ3n) is 3.25. The molecule has 0 aliphatic rings. The molecule has 1 amide bonds. The van der Waals surface area contributed by atoms with Crippen molar-refractivity contribution < 1.29 is 4.79 Å². The molecule has 0 unspecified atom stereocenters. The summed E-state index contributed by atoms with van der Waals surface area (Å²) in [5, 5.41) is 10.1. The van der Waals surface area contributed by atoms with Crippen molar-refractivity contribution >= 4 is 16.7 Å². The molecule has 3 N–H and O–H groups in total. The van der Waals surface area contributed by atoms with Gasteiger partial charge in [0, 0.05) is 11.6 Å². The van der Waals surface area contributed by atoms with E-state index >= 15 is 0 Å². The van der Waals surface area contributed by atoms with Crippen LogP contribution in [-0.2, 0) is 6.54 Å². The molecule has 2 heterocycles. The van der Waals surface area contributed by atoms with Gasteiger partial charge >= 0.3 is 0 Å². The van der Waals surface area contributed by atoms with Gasteiger partial charge in [-0.25, -0.2) is 5.10 Å². The second kappa shape index (κ2) is 5.65. The monoisotopic (exact) mass is 296 g/mol. The highest BCUT2D eigenvalue weighted by Crippen LogP contribution is 2.11. The number of aromatic amines is 2. The van der Waals surface area contributed by atoms with Gasteiger partial charge in [-0.1, -0.05) is 18.2 Å². The summed E-state index contributed by atoms with van der Waals surface area (Å²) >= 11 is 0. The number of hydrogen-bond donors (Lipinski definition) is 3. The van der Waals surface area contributed by atoms with Crippen LogP contribution in [0.2, 0.25) is 0 Å². The van der Waals surface area contributed by atoms with E-state index in [9.17, 15) is 14.4 Å². The Morgan fingerprint density at radius 2 is 1.82 bits per heavy atom. The fourth-order valence-corrected chi connectivity index (χ4v) is 2.17. The van der Waals surface area contributed by atoms with Crippen molar-refractivity contribution in [3.63, 3.8) is 0 Å². The topological polar surface area (TPSA) is 108 Å². The molecule has 7 nitrogen and oxygen atoms in total. The first-order valence-corrected chi connectivity index (χ1v) is 6.59. The Balaban J connectivity index is 1.88. The third-order valence-corrected chi connectivity index (χ3v) is 3.25. The zero-order valence-corrected chi connectivity index (χ0v) is 11.4. The predicted octanol–water partition coefficient (Wildman–Crippen LogP) is 0.541. The van der Waals surface area contributed by atoms with Gasteiger partial charge in [-0.3, -0.25) is 14.4 Å². The molecular formula is C15H12N4O3. The second-order valence-electron chi connectivity index (χ2n) is 4.64. The number of fused-ring (bicyclic) bond motifs is 1. The van der Waals surface area contributed by atoms with E-state index in [0.717, 1.165) is 0 Å². The normalized spacial score (nSPS) is 10.5. The molecule has 7 heteroatoms. The number of benzene rings is 1. The van der Waals surface area contributed by atoms with Gasteiger partial charge < -0.3 is 10.3 Å². The summed E-state index contributed by atoms with van der Waals surface area (Å²) in [5.41, 5.74) is -0.198. The van der Waals surface area contributed by atoms with Gasteiger partial charge in [0.05, 0.1) is 17.6 Å². The number of nitrogens with zero attached hydrogens (tertiary/aromatic N) is 1. The molecule has 0 radical (unpaired) electrons. The number of H-pyrrole nitrogens is 2. The number of amides is 1. The molecule has 0 saturated heterocycles. The molecule has 3 rings (SSSR count). The van der Waals surface area contributed by atoms with E-state index in [2.05, 4.69) is 20.5 Å². The predicted molar refractivity (Wildman–Crippen MR) is 80.6 cm³/mol. The quantitative estimate of drug-likeness (QED) is 0.655. The number of nitrogens with one attached hydrogen (secondary N) is 3. The number of aromatic nitrogens is 3. The largest absolute Gasteiger partial charge is 0.346 e. The number of carbonyl (C=O) groups is 1. The van der Waals surface area contributed by atoms with Crippen molar-refractivity contribution in [2.24, 2.45) is 0 Å². The van der Waals surface area contributed by atoms with Crippen molar-refractivity contribution in [1.29, 1.82) is 0 Å². The Hall–Kier alpha value is -3.22. The summed E-state index contributed by atoms with van der Waals surface area (Å²) in [6.07, 6.45) is 1.45. The average Bonchev–Trinajstić information content (AvgIpc) is 2.55. The van der Waals surface area contributed by atoms with Crippen LogP contribution in [0.4, 0.5) is 0 Å². The number of pyridine rings is 1. The van der Waals surface area contributed by atoms with Crippen LogP contribution >= 0.6 is 0 Å². The highest BCUT2D eigenvalue weighted by atomic mass is 16.2. The average molecular weight is 296 g/mol. The molecule has 0 spiro atoms. The van der Waals surface area contributed by atoms with E-state index in [-0.39, 0.29) is 17.7 Å². The smallest absolute Gasteiger partial charge is 0.272 e. The highest BCUT2D eigenvalue weighted by molar-refractivity contribution is 5.94. The minimum absolute atomic E-state index is 0.0243. The molecule has 0 saturated carbocycles. The van der Waals surface area contributed by atoms with Gasteiger partial charge in [0.25, 0.3) is 17.0 Å². The Bertz CT molecular complexity index is 958. The summed E-state index contributed by atoms with van der Waals surface area (Å²) in [5.74, 6) is -0.501. The molecule has 0 aliphatic heterocycles. The number of hydrogen-bond acceptors (Lipinski definition) is 4. The Morgan fingerprint density at radius 1 is 1.05 bits per heavy atom. The zero-order chi connectivity index (χ0) is 15.5. The molecule has 1 aromatic carbocycles. The summed E-state index contributed by atoms with van der Waals surface area (Å²) in [4.78, 5) is 37.7. The zero-order valence-electron chi connectivity index (χ0n) is 11.4. The summed E-state index contributed by atoms with van der Waals surface area (Å²) in [7, 11) is 0. The maximum Gasteiger partial charge on any atom is 0.272 e. The lowest BCUT2D eigenvalue weighted by Gasteiger charge is -2.06. The molecule has 0 bridgehead atoms. The SMILES string of the molecule is O=C(NCc1n[nH]c(=O)c2ccccc12)c1ccc[nH]c1=O. The first-order chi connectivity index (χ1) is 10.7. The Morgan fingerprint density at radius 3 is 2.59 bits per heavy atom. The lowest BCUT2D eigenvalue weighted by atomic mass is 10.1. The van der Waals surface area contributed by atoms with Crippen LogP contribution in [0.25, 0.3) is 10.8 Å². The summed E-state index contributed by atoms with van der Waals surface area (Å²) in [6.45, 7) is 0.102. The van der Waals surface area contributed by atoms with E-state index in [1.807, 2.05) is 0 Å². The highest BCUT2D eigenvalue weighted by Gasteiger charge is 2.11. The lowest BCUT2D eigenvalue weighted by molar-refractivity contribution is 0.0949. The molecule has 3 aromatic rings. The number of carbonyl (C=O) groups excluding carboxylic acids is 1. The van der Waals surface area contributed by atoms with Crippen molar-refractivity contribution in [2.45, 2.75) is 6.54 Å². The van der Waals surface area contributed by atoms with Crippen molar-refractivity contribution in [1.82, 2.24) is 20.5 Å². The van der Waals surface area contributed by atoms with Crippen molar-refractivity contribution in [2.75, 3.05) is 0 Å². The molecular weight excluding hydrogens is 284 g/mol. The molecule has 0 fully saturated rings. The van der Waals surface area contributed by atoms with Gasteiger partial charge in [0.1, 0.15) is 5.56 Å². The minimum Gasteiger partial charge on any atom is -0.346 e. The lowest BCUT2D eigenvalue weighted by Crippen LogP contribution is -2.29. The summed E-state index contributed by atoms with van der Waals surface area (Å²) in [6, 6.07) is 9.99. The fourth-order valence-electron chi connectivity index (χ4n) is 2.17. The van der Waals surface area contributed by atoms with Crippen LogP contribution in [0.3, 0.4) is 0 Å². The van der Waals surface area contributed by atoms with Crippen LogP contribution in [0.1, 0.15) is 16.1 Å². The van der Waals surface area contributed by atoms with Gasteiger partial charge in [-0.15, -0.1) is 0 Å². The standard InChI is InChI=1S/C15H12N4O3/c20-13-11(6-3-7-16-13)14(21)17-8-12-9-4-1-2-5-10(9)15(22)19-18-12/h1-7H,8H2,(H,16,20)(H,17,21)(H,19,22). The molecule has 110 valence electrons.